The SMILES string of the molecule is Cc1noc(C(C)C)c1C(=O)Nc1nc(CC(=O)O)cs1. The molecule has 7 nitrogen and oxygen atoms in total. The van der Waals surface area contributed by atoms with Crippen LogP contribution >= 0.6 is 11.3 Å². The number of rotatable bonds is 5. The number of carbonyl (C=O) groups excluding carboxylic acids is 1. The van der Waals surface area contributed by atoms with Gasteiger partial charge in [0, 0.05) is 11.3 Å². The molecule has 2 N–H and O–H groups in total. The zero-order valence-corrected chi connectivity index (χ0v) is 12.7. The topological polar surface area (TPSA) is 105 Å². The van der Waals surface area contributed by atoms with E-state index in [1.165, 1.54) is 11.3 Å². The number of carboxylic acid groups (broad SMARTS) is 1. The minimum atomic E-state index is -0.963. The molecule has 112 valence electrons. The molecule has 2 rings (SSSR count). The number of thiazole rings is 1. The van der Waals surface area contributed by atoms with Gasteiger partial charge in [0.2, 0.25) is 0 Å². The third-order valence-corrected chi connectivity index (χ3v) is 3.55. The van der Waals surface area contributed by atoms with Gasteiger partial charge in [0.05, 0.1) is 17.8 Å². The van der Waals surface area contributed by atoms with Gasteiger partial charge in [-0.1, -0.05) is 19.0 Å². The highest BCUT2D eigenvalue weighted by molar-refractivity contribution is 7.14. The summed E-state index contributed by atoms with van der Waals surface area (Å²) in [6.45, 7) is 5.51. The highest BCUT2D eigenvalue weighted by Crippen LogP contribution is 2.24. The first kappa shape index (κ1) is 15.2. The van der Waals surface area contributed by atoms with E-state index in [1.807, 2.05) is 13.8 Å². The van der Waals surface area contributed by atoms with Crippen LogP contribution in [0.2, 0.25) is 0 Å². The average Bonchev–Trinajstić information content (AvgIpc) is 2.95. The van der Waals surface area contributed by atoms with E-state index in [1.54, 1.807) is 12.3 Å². The number of nitrogens with zero attached hydrogens (tertiary/aromatic N) is 2. The molecule has 0 aliphatic carbocycles. The van der Waals surface area contributed by atoms with Crippen LogP contribution in [0.4, 0.5) is 5.13 Å². The highest BCUT2D eigenvalue weighted by atomic mass is 32.1. The van der Waals surface area contributed by atoms with Crippen LogP contribution in [-0.4, -0.2) is 27.1 Å². The second kappa shape index (κ2) is 6.04. The molecule has 0 saturated heterocycles. The summed E-state index contributed by atoms with van der Waals surface area (Å²) in [6.07, 6.45) is -0.171. The van der Waals surface area contributed by atoms with Crippen LogP contribution in [0, 0.1) is 6.92 Å². The first-order valence-electron chi connectivity index (χ1n) is 6.32. The van der Waals surface area contributed by atoms with E-state index in [-0.39, 0.29) is 18.2 Å². The predicted molar refractivity (Wildman–Crippen MR) is 76.7 cm³/mol. The summed E-state index contributed by atoms with van der Waals surface area (Å²) in [6, 6.07) is 0. The van der Waals surface area contributed by atoms with Crippen molar-refractivity contribution in [3.63, 3.8) is 0 Å². The minimum Gasteiger partial charge on any atom is -0.481 e. The van der Waals surface area contributed by atoms with Gasteiger partial charge in [-0.25, -0.2) is 4.98 Å². The van der Waals surface area contributed by atoms with E-state index in [4.69, 9.17) is 9.63 Å². The average molecular weight is 309 g/mol. The first-order chi connectivity index (χ1) is 9.88. The zero-order valence-electron chi connectivity index (χ0n) is 11.8. The summed E-state index contributed by atoms with van der Waals surface area (Å²) < 4.78 is 5.17. The van der Waals surface area contributed by atoms with E-state index in [9.17, 15) is 9.59 Å². The standard InChI is InChI=1S/C13H15N3O4S/c1-6(2)11-10(7(3)16-20-11)12(19)15-13-14-8(5-21-13)4-9(17)18/h5-6H,4H2,1-3H3,(H,17,18)(H,14,15,19). The van der Waals surface area contributed by atoms with Crippen LogP contribution < -0.4 is 5.32 Å². The van der Waals surface area contributed by atoms with Crippen molar-refractivity contribution in [1.82, 2.24) is 10.1 Å². The molecule has 0 atom stereocenters. The van der Waals surface area contributed by atoms with Crippen molar-refractivity contribution < 1.29 is 19.2 Å². The van der Waals surface area contributed by atoms with E-state index < -0.39 is 5.97 Å². The van der Waals surface area contributed by atoms with Crippen LogP contribution in [0.1, 0.15) is 47.3 Å². The van der Waals surface area contributed by atoms with Gasteiger partial charge < -0.3 is 9.63 Å². The van der Waals surface area contributed by atoms with Gasteiger partial charge in [-0.15, -0.1) is 11.3 Å². The molecule has 0 aliphatic heterocycles. The molecule has 21 heavy (non-hydrogen) atoms. The lowest BCUT2D eigenvalue weighted by Gasteiger charge is -2.04. The van der Waals surface area contributed by atoms with Crippen molar-refractivity contribution in [3.8, 4) is 0 Å². The molecule has 0 unspecified atom stereocenters. The molecule has 2 aromatic rings. The Morgan fingerprint density at radius 1 is 1.48 bits per heavy atom. The zero-order chi connectivity index (χ0) is 15.6. The Kier molecular flexibility index (Phi) is 4.37. The fraction of sp³-hybridized carbons (Fsp3) is 0.385. The van der Waals surface area contributed by atoms with Crippen LogP contribution in [0.5, 0.6) is 0 Å². The normalized spacial score (nSPS) is 10.9. The number of amides is 1. The summed E-state index contributed by atoms with van der Waals surface area (Å²) in [4.78, 5) is 27.0. The van der Waals surface area contributed by atoms with Crippen LogP contribution in [0.15, 0.2) is 9.90 Å². The number of carboxylic acids is 1. The minimum absolute atomic E-state index is 0.0332. The second-order valence-corrected chi connectivity index (χ2v) is 5.69. The number of nitrogens with one attached hydrogen (secondary N) is 1. The van der Waals surface area contributed by atoms with Crippen molar-refractivity contribution >= 4 is 28.3 Å². The van der Waals surface area contributed by atoms with Crippen molar-refractivity contribution in [2.45, 2.75) is 33.1 Å². The van der Waals surface area contributed by atoms with Gasteiger partial charge in [-0.3, -0.25) is 14.9 Å². The van der Waals surface area contributed by atoms with Crippen LogP contribution in [-0.2, 0) is 11.2 Å². The maximum absolute atomic E-state index is 12.3. The van der Waals surface area contributed by atoms with Gasteiger partial charge in [0.1, 0.15) is 5.56 Å². The van der Waals surface area contributed by atoms with Crippen molar-refractivity contribution in [3.05, 3.63) is 28.1 Å². The maximum atomic E-state index is 12.3. The predicted octanol–water partition coefficient (Wildman–Crippen LogP) is 2.44. The molecular formula is C13H15N3O4S. The van der Waals surface area contributed by atoms with Gasteiger partial charge in [-0.2, -0.15) is 0 Å². The molecule has 0 fully saturated rings. The number of hydrogen-bond donors (Lipinski definition) is 2. The number of anilines is 1. The van der Waals surface area contributed by atoms with Crippen molar-refractivity contribution in [2.24, 2.45) is 0 Å². The lowest BCUT2D eigenvalue weighted by atomic mass is 10.0. The Balaban J connectivity index is 2.16. The lowest BCUT2D eigenvalue weighted by molar-refractivity contribution is -0.136. The van der Waals surface area contributed by atoms with E-state index >= 15 is 0 Å². The van der Waals surface area contributed by atoms with Crippen LogP contribution in [0.3, 0.4) is 0 Å². The molecular weight excluding hydrogens is 294 g/mol. The third kappa shape index (κ3) is 3.46. The second-order valence-electron chi connectivity index (χ2n) is 4.83. The van der Waals surface area contributed by atoms with E-state index in [2.05, 4.69) is 15.5 Å². The Hall–Kier alpha value is -2.22. The Labute approximate surface area is 125 Å². The van der Waals surface area contributed by atoms with E-state index in [0.29, 0.717) is 27.8 Å². The summed E-state index contributed by atoms with van der Waals surface area (Å²) in [5.74, 6) is -0.762. The monoisotopic (exact) mass is 309 g/mol. The van der Waals surface area contributed by atoms with Gasteiger partial charge in [0.15, 0.2) is 10.9 Å². The lowest BCUT2D eigenvalue weighted by Crippen LogP contribution is -2.14. The van der Waals surface area contributed by atoms with E-state index in [0.717, 1.165) is 0 Å². The highest BCUT2D eigenvalue weighted by Gasteiger charge is 2.23. The summed E-state index contributed by atoms with van der Waals surface area (Å²) >= 11 is 1.18. The Morgan fingerprint density at radius 3 is 2.81 bits per heavy atom. The molecule has 0 radical (unpaired) electrons. The third-order valence-electron chi connectivity index (χ3n) is 2.75. The molecule has 8 heteroatoms. The summed E-state index contributed by atoms with van der Waals surface area (Å²) in [7, 11) is 0. The number of aromatic nitrogens is 2. The molecule has 2 aromatic heterocycles. The quantitative estimate of drug-likeness (QED) is 0.878. The molecule has 0 bridgehead atoms. The maximum Gasteiger partial charge on any atom is 0.309 e. The number of hydrogen-bond acceptors (Lipinski definition) is 6. The number of aliphatic carboxylic acids is 1. The number of aryl methyl sites for hydroxylation is 1. The molecule has 1 amide bonds. The van der Waals surface area contributed by atoms with Crippen molar-refractivity contribution in [2.75, 3.05) is 5.32 Å². The van der Waals surface area contributed by atoms with Crippen molar-refractivity contribution in [1.29, 1.82) is 0 Å². The molecule has 0 aliphatic rings. The fourth-order valence-electron chi connectivity index (χ4n) is 1.82. The molecule has 0 spiro atoms. The fourth-order valence-corrected chi connectivity index (χ4v) is 2.52. The summed E-state index contributed by atoms with van der Waals surface area (Å²) in [5, 5.41) is 17.1. The van der Waals surface area contributed by atoms with Crippen LogP contribution in [0.25, 0.3) is 0 Å². The largest absolute Gasteiger partial charge is 0.481 e. The van der Waals surface area contributed by atoms with Gasteiger partial charge in [0.25, 0.3) is 5.91 Å². The van der Waals surface area contributed by atoms with Gasteiger partial charge >= 0.3 is 5.97 Å². The Morgan fingerprint density at radius 2 is 2.19 bits per heavy atom. The van der Waals surface area contributed by atoms with Gasteiger partial charge in [-0.05, 0) is 6.92 Å². The molecule has 0 saturated carbocycles. The summed E-state index contributed by atoms with van der Waals surface area (Å²) in [5.41, 5.74) is 1.33. The first-order valence-corrected chi connectivity index (χ1v) is 7.20. The molecule has 2 heterocycles. The molecule has 0 aromatic carbocycles. The smallest absolute Gasteiger partial charge is 0.309 e. The number of carbonyl (C=O) groups is 2. The Bertz CT molecular complexity index is 675.